The van der Waals surface area contributed by atoms with Crippen molar-refractivity contribution >= 4 is 67.8 Å². The van der Waals surface area contributed by atoms with Crippen LogP contribution >= 0.6 is 67.8 Å². The first-order chi connectivity index (χ1) is 7.04. The van der Waals surface area contributed by atoms with Crippen LogP contribution in [0.15, 0.2) is 12.1 Å². The van der Waals surface area contributed by atoms with Gasteiger partial charge in [0.05, 0.1) is 13.7 Å². The molecule has 1 atom stereocenters. The van der Waals surface area contributed by atoms with Crippen LogP contribution in [0, 0.1) is 16.6 Å². The van der Waals surface area contributed by atoms with Crippen molar-refractivity contribution in [3.8, 4) is 5.75 Å². The van der Waals surface area contributed by atoms with E-state index in [1.54, 1.807) is 0 Å². The molecule has 84 valence electrons. The van der Waals surface area contributed by atoms with Crippen LogP contribution in [0.1, 0.15) is 6.92 Å². The van der Waals surface area contributed by atoms with Crippen LogP contribution in [-0.4, -0.2) is 18.3 Å². The molecule has 0 radical (unpaired) electrons. The summed E-state index contributed by atoms with van der Waals surface area (Å²) in [7, 11) is 0. The number of aliphatic hydroxyl groups excluding tert-OH is 1. The summed E-state index contributed by atoms with van der Waals surface area (Å²) >= 11 is 6.84. The maximum absolute atomic E-state index is 8.91. The van der Waals surface area contributed by atoms with Crippen molar-refractivity contribution in [2.24, 2.45) is 5.92 Å². The average Bonchev–Trinajstić information content (AvgIpc) is 2.15. The van der Waals surface area contributed by atoms with Gasteiger partial charge < -0.3 is 9.84 Å². The predicted molar refractivity (Wildman–Crippen MR) is 86.3 cm³/mol. The number of hydrogen-bond acceptors (Lipinski definition) is 2. The van der Waals surface area contributed by atoms with Gasteiger partial charge in [0.15, 0.2) is 0 Å². The third kappa shape index (κ3) is 4.50. The fraction of sp³-hybridized carbons (Fsp3) is 0.400. The van der Waals surface area contributed by atoms with Gasteiger partial charge in [-0.05, 0) is 79.9 Å². The Morgan fingerprint density at radius 1 is 1.27 bits per heavy atom. The number of benzene rings is 1. The lowest BCUT2D eigenvalue weighted by atomic mass is 10.2. The molecule has 1 N–H and O–H groups in total. The molecule has 0 heterocycles. The van der Waals surface area contributed by atoms with Crippen molar-refractivity contribution < 1.29 is 9.84 Å². The molecule has 0 fully saturated rings. The summed E-state index contributed by atoms with van der Waals surface area (Å²) in [4.78, 5) is 0. The Hall–Kier alpha value is 1.17. The molecule has 0 aliphatic carbocycles. The molecule has 1 unspecified atom stereocenters. The highest BCUT2D eigenvalue weighted by Gasteiger charge is 2.09. The van der Waals surface area contributed by atoms with Gasteiger partial charge in [-0.25, -0.2) is 0 Å². The minimum absolute atomic E-state index is 0.164. The van der Waals surface area contributed by atoms with Gasteiger partial charge in [-0.1, -0.05) is 6.92 Å². The fourth-order valence-corrected chi connectivity index (χ4v) is 4.84. The fourth-order valence-electron chi connectivity index (χ4n) is 0.945. The molecule has 0 amide bonds. The highest BCUT2D eigenvalue weighted by Crippen LogP contribution is 2.29. The molecule has 1 rings (SSSR count). The molecular weight excluding hydrogens is 533 g/mol. The molecule has 0 bridgehead atoms. The van der Waals surface area contributed by atoms with Crippen LogP contribution < -0.4 is 4.74 Å². The number of hydrogen-bond donors (Lipinski definition) is 1. The van der Waals surface area contributed by atoms with Crippen molar-refractivity contribution in [3.63, 3.8) is 0 Å². The molecule has 2 nitrogen and oxygen atoms in total. The molecular formula is C10H11I3O2. The van der Waals surface area contributed by atoms with Gasteiger partial charge in [0, 0.05) is 16.1 Å². The first-order valence-electron chi connectivity index (χ1n) is 4.42. The summed E-state index contributed by atoms with van der Waals surface area (Å²) in [5, 5.41) is 8.91. The lowest BCUT2D eigenvalue weighted by molar-refractivity contribution is 0.173. The van der Waals surface area contributed by atoms with Gasteiger partial charge >= 0.3 is 0 Å². The molecule has 0 aliphatic heterocycles. The van der Waals surface area contributed by atoms with Gasteiger partial charge in [0.1, 0.15) is 5.75 Å². The Kier molecular flexibility index (Phi) is 6.45. The molecule has 5 heteroatoms. The average molecular weight is 544 g/mol. The highest BCUT2D eigenvalue weighted by molar-refractivity contribution is 14.1. The van der Waals surface area contributed by atoms with E-state index < -0.39 is 0 Å². The van der Waals surface area contributed by atoms with Crippen molar-refractivity contribution in [1.82, 2.24) is 0 Å². The monoisotopic (exact) mass is 544 g/mol. The smallest absolute Gasteiger partial charge is 0.146 e. The first kappa shape index (κ1) is 14.2. The molecule has 15 heavy (non-hydrogen) atoms. The van der Waals surface area contributed by atoms with Crippen LogP contribution in [0.4, 0.5) is 0 Å². The Morgan fingerprint density at radius 2 is 1.80 bits per heavy atom. The quantitative estimate of drug-likeness (QED) is 0.589. The molecule has 1 aromatic rings. The summed E-state index contributed by atoms with van der Waals surface area (Å²) in [6.45, 7) is 2.69. The maximum Gasteiger partial charge on any atom is 0.146 e. The van der Waals surface area contributed by atoms with E-state index in [9.17, 15) is 0 Å². The van der Waals surface area contributed by atoms with Crippen LogP contribution in [0.3, 0.4) is 0 Å². The third-order valence-corrected chi connectivity index (χ3v) is 4.01. The van der Waals surface area contributed by atoms with Crippen molar-refractivity contribution in [2.75, 3.05) is 13.2 Å². The van der Waals surface area contributed by atoms with Crippen LogP contribution in [0.25, 0.3) is 0 Å². The van der Waals surface area contributed by atoms with E-state index in [1.807, 2.05) is 6.92 Å². The van der Waals surface area contributed by atoms with Gasteiger partial charge in [-0.2, -0.15) is 0 Å². The topological polar surface area (TPSA) is 29.5 Å². The Balaban J connectivity index is 2.77. The largest absolute Gasteiger partial charge is 0.491 e. The first-order valence-corrected chi connectivity index (χ1v) is 7.66. The highest BCUT2D eigenvalue weighted by atomic mass is 127. The van der Waals surface area contributed by atoms with E-state index in [0.717, 1.165) is 12.9 Å². The molecule has 0 aromatic heterocycles. The minimum atomic E-state index is 0.164. The van der Waals surface area contributed by atoms with E-state index in [-0.39, 0.29) is 12.5 Å². The Labute approximate surface area is 131 Å². The zero-order valence-electron chi connectivity index (χ0n) is 8.14. The van der Waals surface area contributed by atoms with Crippen molar-refractivity contribution in [3.05, 3.63) is 22.8 Å². The number of rotatable bonds is 4. The molecule has 0 spiro atoms. The number of halogens is 3. The van der Waals surface area contributed by atoms with Crippen LogP contribution in [-0.2, 0) is 0 Å². The number of ether oxygens (including phenoxy) is 1. The Morgan fingerprint density at radius 3 is 2.27 bits per heavy atom. The third-order valence-electron chi connectivity index (χ3n) is 1.79. The lowest BCUT2D eigenvalue weighted by Gasteiger charge is -2.13. The van der Waals surface area contributed by atoms with Crippen molar-refractivity contribution in [2.45, 2.75) is 6.92 Å². The Bertz CT molecular complexity index is 318. The van der Waals surface area contributed by atoms with E-state index in [0.29, 0.717) is 6.61 Å². The van der Waals surface area contributed by atoms with E-state index in [2.05, 4.69) is 79.9 Å². The second-order valence-corrected chi connectivity index (χ2v) is 6.87. The minimum Gasteiger partial charge on any atom is -0.491 e. The molecule has 0 aliphatic rings. The van der Waals surface area contributed by atoms with E-state index in [4.69, 9.17) is 9.84 Å². The predicted octanol–water partition coefficient (Wildman–Crippen LogP) is 3.51. The zero-order valence-corrected chi connectivity index (χ0v) is 14.6. The summed E-state index contributed by atoms with van der Waals surface area (Å²) in [5.74, 6) is 1.10. The van der Waals surface area contributed by atoms with Gasteiger partial charge in [-0.3, -0.25) is 0 Å². The van der Waals surface area contributed by atoms with E-state index in [1.165, 1.54) is 3.57 Å². The van der Waals surface area contributed by atoms with Gasteiger partial charge in [-0.15, -0.1) is 0 Å². The molecule has 1 aromatic carbocycles. The van der Waals surface area contributed by atoms with Gasteiger partial charge in [0.25, 0.3) is 0 Å². The molecule has 0 saturated heterocycles. The summed E-state index contributed by atoms with van der Waals surface area (Å²) in [6.07, 6.45) is 0. The standard InChI is InChI=1S/C10H11I3O2/c1-6(4-14)5-15-10-8(12)2-7(11)3-9(10)13/h2-3,6,14H,4-5H2,1H3. The second-order valence-electron chi connectivity index (χ2n) is 3.30. The van der Waals surface area contributed by atoms with Crippen molar-refractivity contribution in [1.29, 1.82) is 0 Å². The maximum atomic E-state index is 8.91. The molecule has 0 saturated carbocycles. The SMILES string of the molecule is CC(CO)COc1c(I)cc(I)cc1I. The second kappa shape index (κ2) is 6.80. The van der Waals surface area contributed by atoms with Crippen LogP contribution in [0.2, 0.25) is 0 Å². The lowest BCUT2D eigenvalue weighted by Crippen LogP contribution is -2.13. The summed E-state index contributed by atoms with van der Waals surface area (Å²) in [6, 6.07) is 4.17. The summed E-state index contributed by atoms with van der Waals surface area (Å²) in [5.41, 5.74) is 0. The zero-order chi connectivity index (χ0) is 11.4. The summed E-state index contributed by atoms with van der Waals surface area (Å²) < 4.78 is 9.15. The normalized spacial score (nSPS) is 12.6. The van der Waals surface area contributed by atoms with Crippen LogP contribution in [0.5, 0.6) is 5.75 Å². The van der Waals surface area contributed by atoms with E-state index >= 15 is 0 Å². The van der Waals surface area contributed by atoms with Gasteiger partial charge in [0.2, 0.25) is 0 Å². The number of aliphatic hydroxyl groups is 1.